The number of hydrogen-bond donors (Lipinski definition) is 0. The molecule has 1 aliphatic rings. The van der Waals surface area contributed by atoms with Crippen molar-refractivity contribution in [1.82, 2.24) is 9.88 Å². The van der Waals surface area contributed by atoms with Crippen LogP contribution in [-0.4, -0.2) is 41.5 Å². The minimum Gasteiger partial charge on any atom is -0.468 e. The first kappa shape index (κ1) is 14.4. The molecule has 1 aromatic heterocycles. The molecule has 0 N–H and O–H groups in total. The lowest BCUT2D eigenvalue weighted by Crippen LogP contribution is -2.43. The highest BCUT2D eigenvalue weighted by molar-refractivity contribution is 5.94. The predicted molar refractivity (Wildman–Crippen MR) is 69.5 cm³/mol. The van der Waals surface area contributed by atoms with E-state index in [2.05, 4.69) is 9.72 Å². The molecule has 1 fully saturated rings. The van der Waals surface area contributed by atoms with E-state index in [1.807, 2.05) is 0 Å². The Hall–Kier alpha value is -1.98. The van der Waals surface area contributed by atoms with Gasteiger partial charge in [0.1, 0.15) is 12.2 Å². The first-order valence-electron chi connectivity index (χ1n) is 6.62. The zero-order valence-electron chi connectivity index (χ0n) is 11.3. The van der Waals surface area contributed by atoms with Gasteiger partial charge in [0.25, 0.3) is 5.91 Å². The molecule has 0 aromatic carbocycles. The van der Waals surface area contributed by atoms with Crippen LogP contribution in [0.25, 0.3) is 0 Å². The second kappa shape index (κ2) is 6.45. The van der Waals surface area contributed by atoms with Crippen LogP contribution in [0.1, 0.15) is 36.2 Å². The quantitative estimate of drug-likeness (QED) is 0.623. The van der Waals surface area contributed by atoms with E-state index in [0.717, 1.165) is 25.7 Å². The van der Waals surface area contributed by atoms with Gasteiger partial charge in [0, 0.05) is 6.04 Å². The lowest BCUT2D eigenvalue weighted by atomic mass is 10.2. The van der Waals surface area contributed by atoms with E-state index < -0.39 is 17.8 Å². The summed E-state index contributed by atoms with van der Waals surface area (Å²) in [6, 6.07) is 4.05. The van der Waals surface area contributed by atoms with Gasteiger partial charge < -0.3 is 9.64 Å². The number of carbonyl (C=O) groups is 2. The van der Waals surface area contributed by atoms with Crippen molar-refractivity contribution in [2.24, 2.45) is 0 Å². The number of esters is 1. The number of amides is 1. The first-order valence-corrected chi connectivity index (χ1v) is 6.62. The van der Waals surface area contributed by atoms with Crippen molar-refractivity contribution < 1.29 is 18.7 Å². The summed E-state index contributed by atoms with van der Waals surface area (Å²) in [5.74, 6) is -1.62. The Balaban J connectivity index is 2.20. The molecule has 0 aliphatic heterocycles. The van der Waals surface area contributed by atoms with Crippen LogP contribution in [0.15, 0.2) is 18.2 Å². The number of carbonyl (C=O) groups excluding carboxylic acids is 2. The Bertz CT molecular complexity index is 501. The summed E-state index contributed by atoms with van der Waals surface area (Å²) in [7, 11) is 1.28. The van der Waals surface area contributed by atoms with Gasteiger partial charge in [0.2, 0.25) is 5.95 Å². The molecule has 20 heavy (non-hydrogen) atoms. The van der Waals surface area contributed by atoms with Crippen molar-refractivity contribution in [3.8, 4) is 0 Å². The molecule has 1 amide bonds. The summed E-state index contributed by atoms with van der Waals surface area (Å²) in [6.45, 7) is -0.127. The average molecular weight is 280 g/mol. The number of rotatable bonds is 4. The number of aromatic nitrogens is 1. The monoisotopic (exact) mass is 280 g/mol. The van der Waals surface area contributed by atoms with E-state index in [0.29, 0.717) is 0 Å². The fraction of sp³-hybridized carbons (Fsp3) is 0.500. The van der Waals surface area contributed by atoms with Crippen LogP contribution in [0, 0.1) is 5.95 Å². The minimum absolute atomic E-state index is 0.00772. The first-order chi connectivity index (χ1) is 9.61. The molecule has 0 atom stereocenters. The largest absolute Gasteiger partial charge is 0.468 e. The Morgan fingerprint density at radius 3 is 2.70 bits per heavy atom. The second-order valence-electron chi connectivity index (χ2n) is 4.79. The fourth-order valence-electron chi connectivity index (χ4n) is 2.46. The van der Waals surface area contributed by atoms with Crippen LogP contribution in [-0.2, 0) is 9.53 Å². The minimum atomic E-state index is -0.708. The Labute approximate surface area is 116 Å². The molecule has 1 heterocycles. The summed E-state index contributed by atoms with van der Waals surface area (Å²) < 4.78 is 17.7. The van der Waals surface area contributed by atoms with Gasteiger partial charge in [-0.2, -0.15) is 4.39 Å². The van der Waals surface area contributed by atoms with Gasteiger partial charge in [-0.25, -0.2) is 4.98 Å². The zero-order chi connectivity index (χ0) is 14.5. The van der Waals surface area contributed by atoms with Crippen molar-refractivity contribution in [1.29, 1.82) is 0 Å². The van der Waals surface area contributed by atoms with E-state index in [1.54, 1.807) is 0 Å². The van der Waals surface area contributed by atoms with Crippen molar-refractivity contribution in [3.63, 3.8) is 0 Å². The van der Waals surface area contributed by atoms with E-state index in [-0.39, 0.29) is 18.3 Å². The lowest BCUT2D eigenvalue weighted by Gasteiger charge is -2.27. The van der Waals surface area contributed by atoms with Crippen LogP contribution < -0.4 is 0 Å². The third kappa shape index (κ3) is 3.31. The van der Waals surface area contributed by atoms with Gasteiger partial charge in [-0.15, -0.1) is 0 Å². The molecule has 0 spiro atoms. The van der Waals surface area contributed by atoms with Crippen molar-refractivity contribution in [2.75, 3.05) is 13.7 Å². The van der Waals surface area contributed by atoms with Crippen molar-refractivity contribution in [2.45, 2.75) is 31.7 Å². The number of nitrogens with zero attached hydrogens (tertiary/aromatic N) is 2. The molecule has 5 nitrogen and oxygen atoms in total. The zero-order valence-corrected chi connectivity index (χ0v) is 11.3. The number of methoxy groups -OCH3 is 1. The Kier molecular flexibility index (Phi) is 4.65. The molecule has 0 radical (unpaired) electrons. The highest BCUT2D eigenvalue weighted by Crippen LogP contribution is 2.24. The molecule has 108 valence electrons. The third-order valence-corrected chi connectivity index (χ3v) is 3.49. The van der Waals surface area contributed by atoms with Crippen LogP contribution >= 0.6 is 0 Å². The van der Waals surface area contributed by atoms with Crippen LogP contribution in [0.5, 0.6) is 0 Å². The van der Waals surface area contributed by atoms with Gasteiger partial charge in [-0.3, -0.25) is 9.59 Å². The predicted octanol–water partition coefficient (Wildman–Crippen LogP) is 1.78. The molecule has 2 rings (SSSR count). The van der Waals surface area contributed by atoms with Crippen LogP contribution in [0.4, 0.5) is 4.39 Å². The maximum Gasteiger partial charge on any atom is 0.325 e. The summed E-state index contributed by atoms with van der Waals surface area (Å²) >= 11 is 0. The van der Waals surface area contributed by atoms with Crippen molar-refractivity contribution >= 4 is 11.9 Å². The lowest BCUT2D eigenvalue weighted by molar-refractivity contribution is -0.141. The van der Waals surface area contributed by atoms with E-state index >= 15 is 0 Å². The number of ether oxygens (including phenoxy) is 1. The average Bonchev–Trinajstić information content (AvgIpc) is 2.97. The molecule has 1 aromatic rings. The summed E-state index contributed by atoms with van der Waals surface area (Å²) in [5, 5.41) is 0. The Morgan fingerprint density at radius 1 is 1.40 bits per heavy atom. The van der Waals surface area contributed by atoms with Crippen LogP contribution in [0.2, 0.25) is 0 Å². The molecule has 0 bridgehead atoms. The summed E-state index contributed by atoms with van der Waals surface area (Å²) in [6.07, 6.45) is 3.73. The van der Waals surface area contributed by atoms with E-state index in [9.17, 15) is 14.0 Å². The highest BCUT2D eigenvalue weighted by Gasteiger charge is 2.30. The van der Waals surface area contributed by atoms with Gasteiger partial charge in [0.15, 0.2) is 0 Å². The van der Waals surface area contributed by atoms with Crippen LogP contribution in [0.3, 0.4) is 0 Å². The standard InChI is InChI=1S/C14H17FN2O3/c1-20-13(18)9-17(10-5-2-3-6-10)14(19)11-7-4-8-12(15)16-11/h4,7-8,10H,2-3,5-6,9H2,1H3. The van der Waals surface area contributed by atoms with E-state index in [1.165, 1.54) is 30.2 Å². The molecular weight excluding hydrogens is 263 g/mol. The second-order valence-corrected chi connectivity index (χ2v) is 4.79. The maximum atomic E-state index is 13.1. The fourth-order valence-corrected chi connectivity index (χ4v) is 2.46. The molecule has 0 unspecified atom stereocenters. The molecule has 0 saturated heterocycles. The molecule has 1 saturated carbocycles. The van der Waals surface area contributed by atoms with Gasteiger partial charge in [-0.05, 0) is 25.0 Å². The number of hydrogen-bond acceptors (Lipinski definition) is 4. The summed E-state index contributed by atoms with van der Waals surface area (Å²) in [4.78, 5) is 28.9. The van der Waals surface area contributed by atoms with E-state index in [4.69, 9.17) is 0 Å². The molecule has 1 aliphatic carbocycles. The normalized spacial score (nSPS) is 15.1. The van der Waals surface area contributed by atoms with Gasteiger partial charge in [-0.1, -0.05) is 18.9 Å². The maximum absolute atomic E-state index is 13.1. The van der Waals surface area contributed by atoms with Gasteiger partial charge in [0.05, 0.1) is 7.11 Å². The summed E-state index contributed by atoms with van der Waals surface area (Å²) in [5.41, 5.74) is 0.0146. The number of pyridine rings is 1. The third-order valence-electron chi connectivity index (χ3n) is 3.49. The number of halogens is 1. The molecular formula is C14H17FN2O3. The SMILES string of the molecule is COC(=O)CN(C(=O)c1cccc(F)n1)C1CCCC1. The highest BCUT2D eigenvalue weighted by atomic mass is 19.1. The Morgan fingerprint density at radius 2 is 2.10 bits per heavy atom. The smallest absolute Gasteiger partial charge is 0.325 e. The topological polar surface area (TPSA) is 59.5 Å². The van der Waals surface area contributed by atoms with Crippen molar-refractivity contribution in [3.05, 3.63) is 29.8 Å². The molecule has 6 heteroatoms. The van der Waals surface area contributed by atoms with Gasteiger partial charge >= 0.3 is 5.97 Å².